The van der Waals surface area contributed by atoms with Gasteiger partial charge in [-0.15, -0.1) is 0 Å². The second-order valence-corrected chi connectivity index (χ2v) is 6.50. The topological polar surface area (TPSA) is 145 Å². The summed E-state index contributed by atoms with van der Waals surface area (Å²) >= 11 is 0. The summed E-state index contributed by atoms with van der Waals surface area (Å²) in [4.78, 5) is 60.3. The maximum atomic E-state index is 12.4. The molecule has 11 heteroatoms. The molecule has 1 N–H and O–H groups in total. The third kappa shape index (κ3) is 4.20. The maximum absolute atomic E-state index is 12.4. The number of nitro benzene ring substituents is 1. The SMILES string of the molecule is COc1cc([N+](=O)[O-])ccc1NC(=O)COC(=O)C(C)N1C(=O)c2ccccc2C1=O. The fourth-order valence-corrected chi connectivity index (χ4v) is 3.01. The molecule has 0 aliphatic carbocycles. The minimum absolute atomic E-state index is 0.0493. The van der Waals surface area contributed by atoms with Crippen LogP contribution in [0.1, 0.15) is 27.6 Å². The number of benzene rings is 2. The number of ether oxygens (including phenoxy) is 2. The molecule has 0 radical (unpaired) electrons. The Labute approximate surface area is 175 Å². The number of hydrogen-bond acceptors (Lipinski definition) is 8. The normalized spacial score (nSPS) is 13.4. The Balaban J connectivity index is 1.61. The van der Waals surface area contributed by atoms with E-state index in [1.807, 2.05) is 0 Å². The van der Waals surface area contributed by atoms with E-state index in [-0.39, 0.29) is 28.3 Å². The van der Waals surface area contributed by atoms with E-state index in [0.717, 1.165) is 11.0 Å². The molecule has 1 atom stereocenters. The zero-order valence-corrected chi connectivity index (χ0v) is 16.5. The number of nitrogens with zero attached hydrogens (tertiary/aromatic N) is 2. The van der Waals surface area contributed by atoms with Gasteiger partial charge in [0.05, 0.1) is 34.9 Å². The Kier molecular flexibility index (Phi) is 5.95. The Bertz CT molecular complexity index is 1060. The summed E-state index contributed by atoms with van der Waals surface area (Å²) in [6.07, 6.45) is 0. The molecule has 0 saturated carbocycles. The van der Waals surface area contributed by atoms with Crippen LogP contribution in [-0.4, -0.2) is 53.3 Å². The molecule has 1 aliphatic rings. The number of methoxy groups -OCH3 is 1. The van der Waals surface area contributed by atoms with Gasteiger partial charge in [0, 0.05) is 6.07 Å². The number of non-ortho nitro benzene ring substituents is 1. The molecular weight excluding hydrogens is 410 g/mol. The molecule has 0 bridgehead atoms. The summed E-state index contributed by atoms with van der Waals surface area (Å²) in [5.41, 5.74) is 0.295. The molecule has 31 heavy (non-hydrogen) atoms. The molecule has 0 saturated heterocycles. The fourth-order valence-electron chi connectivity index (χ4n) is 3.01. The Morgan fingerprint density at radius 2 is 1.74 bits per heavy atom. The number of rotatable bonds is 7. The van der Waals surface area contributed by atoms with Crippen LogP contribution in [0.3, 0.4) is 0 Å². The molecule has 0 fully saturated rings. The van der Waals surface area contributed by atoms with Crippen molar-refractivity contribution in [3.63, 3.8) is 0 Å². The van der Waals surface area contributed by atoms with Crippen LogP contribution in [0.5, 0.6) is 5.75 Å². The third-order valence-electron chi connectivity index (χ3n) is 4.57. The largest absolute Gasteiger partial charge is 0.494 e. The lowest BCUT2D eigenvalue weighted by Crippen LogP contribution is -2.44. The van der Waals surface area contributed by atoms with E-state index in [9.17, 15) is 29.3 Å². The van der Waals surface area contributed by atoms with Crippen molar-refractivity contribution in [1.82, 2.24) is 4.90 Å². The average Bonchev–Trinajstić information content (AvgIpc) is 3.02. The van der Waals surface area contributed by atoms with Crippen molar-refractivity contribution in [2.24, 2.45) is 0 Å². The van der Waals surface area contributed by atoms with Gasteiger partial charge in [-0.1, -0.05) is 12.1 Å². The van der Waals surface area contributed by atoms with Crippen molar-refractivity contribution in [3.05, 3.63) is 63.7 Å². The number of carbonyl (C=O) groups is 4. The third-order valence-corrected chi connectivity index (χ3v) is 4.57. The van der Waals surface area contributed by atoms with Crippen LogP contribution >= 0.6 is 0 Å². The van der Waals surface area contributed by atoms with E-state index in [1.165, 1.54) is 38.3 Å². The Morgan fingerprint density at radius 1 is 1.13 bits per heavy atom. The van der Waals surface area contributed by atoms with Gasteiger partial charge >= 0.3 is 5.97 Å². The van der Waals surface area contributed by atoms with Gasteiger partial charge in [-0.3, -0.25) is 29.4 Å². The molecule has 1 aliphatic heterocycles. The predicted octanol–water partition coefficient (Wildman–Crippen LogP) is 1.77. The molecular formula is C20H17N3O8. The highest BCUT2D eigenvalue weighted by atomic mass is 16.6. The summed E-state index contributed by atoms with van der Waals surface area (Å²) in [5.74, 6) is -2.88. The zero-order chi connectivity index (χ0) is 22.7. The summed E-state index contributed by atoms with van der Waals surface area (Å²) in [5, 5.41) is 13.2. The molecule has 1 unspecified atom stereocenters. The van der Waals surface area contributed by atoms with Crippen molar-refractivity contribution in [3.8, 4) is 5.75 Å². The Morgan fingerprint density at radius 3 is 2.29 bits per heavy atom. The van der Waals surface area contributed by atoms with Crippen molar-refractivity contribution in [2.75, 3.05) is 19.0 Å². The standard InChI is InChI=1S/C20H17N3O8/c1-11(22-18(25)13-5-3-4-6-14(13)19(22)26)20(27)31-10-17(24)21-15-8-7-12(23(28)29)9-16(15)30-2/h3-9,11H,10H2,1-2H3,(H,21,24). The lowest BCUT2D eigenvalue weighted by molar-refractivity contribution is -0.384. The zero-order valence-electron chi connectivity index (χ0n) is 16.5. The molecule has 3 rings (SSSR count). The number of amides is 3. The van der Waals surface area contributed by atoms with E-state index in [4.69, 9.17) is 9.47 Å². The number of fused-ring (bicyclic) bond motifs is 1. The molecule has 160 valence electrons. The molecule has 2 aromatic carbocycles. The molecule has 1 heterocycles. The highest BCUT2D eigenvalue weighted by Crippen LogP contribution is 2.29. The summed E-state index contributed by atoms with van der Waals surface area (Å²) in [6, 6.07) is 8.52. The number of nitrogens with one attached hydrogen (secondary N) is 1. The number of anilines is 1. The van der Waals surface area contributed by atoms with Crippen molar-refractivity contribution >= 4 is 35.1 Å². The number of nitro groups is 1. The minimum atomic E-state index is -1.24. The van der Waals surface area contributed by atoms with Crippen LogP contribution in [0.25, 0.3) is 0 Å². The van der Waals surface area contributed by atoms with E-state index in [2.05, 4.69) is 5.32 Å². The van der Waals surface area contributed by atoms with Crippen molar-refractivity contribution < 1.29 is 33.6 Å². The number of carbonyl (C=O) groups excluding carboxylic acids is 4. The predicted molar refractivity (Wildman–Crippen MR) is 106 cm³/mol. The van der Waals surface area contributed by atoms with Crippen LogP contribution < -0.4 is 10.1 Å². The van der Waals surface area contributed by atoms with Crippen LogP contribution in [0.15, 0.2) is 42.5 Å². The monoisotopic (exact) mass is 427 g/mol. The highest BCUT2D eigenvalue weighted by molar-refractivity contribution is 6.22. The first-order valence-corrected chi connectivity index (χ1v) is 9.00. The van der Waals surface area contributed by atoms with Gasteiger partial charge in [0.25, 0.3) is 23.4 Å². The van der Waals surface area contributed by atoms with Gasteiger partial charge in [-0.05, 0) is 25.1 Å². The molecule has 0 spiro atoms. The summed E-state index contributed by atoms with van der Waals surface area (Å²) in [7, 11) is 1.28. The lowest BCUT2D eigenvalue weighted by atomic mass is 10.1. The fraction of sp³-hybridized carbons (Fsp3) is 0.200. The first kappa shape index (κ1) is 21.4. The van der Waals surface area contributed by atoms with Crippen molar-refractivity contribution in [1.29, 1.82) is 0 Å². The lowest BCUT2D eigenvalue weighted by Gasteiger charge is -2.20. The van der Waals surface area contributed by atoms with Gasteiger partial charge in [0.15, 0.2) is 6.61 Å². The number of hydrogen-bond donors (Lipinski definition) is 1. The maximum Gasteiger partial charge on any atom is 0.329 e. The molecule has 2 aromatic rings. The molecule has 3 amide bonds. The number of imide groups is 1. The average molecular weight is 427 g/mol. The van der Waals surface area contributed by atoms with Crippen molar-refractivity contribution in [2.45, 2.75) is 13.0 Å². The Hall–Kier alpha value is -4.28. The second kappa shape index (κ2) is 8.61. The first-order valence-electron chi connectivity index (χ1n) is 9.00. The van der Waals surface area contributed by atoms with Gasteiger partial charge in [-0.2, -0.15) is 0 Å². The van der Waals surface area contributed by atoms with E-state index >= 15 is 0 Å². The van der Waals surface area contributed by atoms with Gasteiger partial charge < -0.3 is 14.8 Å². The minimum Gasteiger partial charge on any atom is -0.494 e. The quantitative estimate of drug-likeness (QED) is 0.305. The van der Waals surface area contributed by atoms with Crippen LogP contribution in [0.4, 0.5) is 11.4 Å². The summed E-state index contributed by atoms with van der Waals surface area (Å²) in [6.45, 7) is 0.619. The van der Waals surface area contributed by atoms with Crippen LogP contribution in [-0.2, 0) is 14.3 Å². The van der Waals surface area contributed by atoms with Gasteiger partial charge in [0.1, 0.15) is 11.8 Å². The first-order chi connectivity index (χ1) is 14.7. The van der Waals surface area contributed by atoms with Gasteiger partial charge in [0.2, 0.25) is 0 Å². The van der Waals surface area contributed by atoms with Gasteiger partial charge in [-0.25, -0.2) is 4.79 Å². The summed E-state index contributed by atoms with van der Waals surface area (Å²) < 4.78 is 9.95. The smallest absolute Gasteiger partial charge is 0.329 e. The van der Waals surface area contributed by atoms with Crippen LogP contribution in [0.2, 0.25) is 0 Å². The van der Waals surface area contributed by atoms with Crippen LogP contribution in [0, 0.1) is 10.1 Å². The van der Waals surface area contributed by atoms with E-state index < -0.39 is 41.3 Å². The van der Waals surface area contributed by atoms with E-state index in [1.54, 1.807) is 12.1 Å². The number of esters is 1. The second-order valence-electron chi connectivity index (χ2n) is 6.50. The molecule has 11 nitrogen and oxygen atoms in total. The molecule has 0 aromatic heterocycles. The highest BCUT2D eigenvalue weighted by Gasteiger charge is 2.41. The van der Waals surface area contributed by atoms with E-state index in [0.29, 0.717) is 0 Å².